The molecule has 0 amide bonds. The standard InChI is InChI=1S/C16H19ClN2O3/c1-2-19-9-10(8-18-5-3-4-6-18)15(21)13-11(19)7-12(20)16(22)14(13)17/h7,9,20,22H,2-6,8H2,1H3. The van der Waals surface area contributed by atoms with E-state index in [0.29, 0.717) is 24.2 Å². The molecule has 5 nitrogen and oxygen atoms in total. The molecule has 0 saturated carbocycles. The molecule has 1 aromatic carbocycles. The Balaban J connectivity index is 2.22. The average Bonchev–Trinajstić information content (AvgIpc) is 3.00. The largest absolute Gasteiger partial charge is 0.504 e. The van der Waals surface area contributed by atoms with Gasteiger partial charge >= 0.3 is 0 Å². The van der Waals surface area contributed by atoms with Gasteiger partial charge in [0, 0.05) is 30.9 Å². The maximum absolute atomic E-state index is 12.8. The second kappa shape index (κ2) is 5.82. The van der Waals surface area contributed by atoms with Gasteiger partial charge in [0.1, 0.15) is 0 Å². The van der Waals surface area contributed by atoms with Crippen LogP contribution in [0.1, 0.15) is 25.3 Å². The zero-order chi connectivity index (χ0) is 15.9. The summed E-state index contributed by atoms with van der Waals surface area (Å²) >= 11 is 6.12. The normalized spacial score (nSPS) is 15.7. The van der Waals surface area contributed by atoms with Crippen LogP contribution in [0.3, 0.4) is 0 Å². The number of nitrogens with zero attached hydrogens (tertiary/aromatic N) is 2. The molecule has 0 radical (unpaired) electrons. The number of hydrogen-bond acceptors (Lipinski definition) is 4. The third-order valence-corrected chi connectivity index (χ3v) is 4.64. The maximum atomic E-state index is 12.8. The lowest BCUT2D eigenvalue weighted by Gasteiger charge is -2.18. The summed E-state index contributed by atoms with van der Waals surface area (Å²) in [4.78, 5) is 15.0. The minimum atomic E-state index is -0.438. The fraction of sp³-hybridized carbons (Fsp3) is 0.438. The lowest BCUT2D eigenvalue weighted by molar-refractivity contribution is 0.329. The second-order valence-corrected chi connectivity index (χ2v) is 6.08. The van der Waals surface area contributed by atoms with Crippen LogP contribution in [-0.4, -0.2) is 32.8 Å². The van der Waals surface area contributed by atoms with E-state index >= 15 is 0 Å². The van der Waals surface area contributed by atoms with Crippen molar-refractivity contribution in [3.8, 4) is 11.5 Å². The third kappa shape index (κ3) is 2.44. The van der Waals surface area contributed by atoms with Crippen molar-refractivity contribution in [2.45, 2.75) is 32.9 Å². The Morgan fingerprint density at radius 1 is 1.27 bits per heavy atom. The van der Waals surface area contributed by atoms with Crippen LogP contribution in [-0.2, 0) is 13.1 Å². The van der Waals surface area contributed by atoms with E-state index < -0.39 is 5.75 Å². The quantitative estimate of drug-likeness (QED) is 0.853. The lowest BCUT2D eigenvalue weighted by atomic mass is 10.1. The van der Waals surface area contributed by atoms with E-state index in [4.69, 9.17) is 11.6 Å². The van der Waals surface area contributed by atoms with Crippen LogP contribution in [0.15, 0.2) is 17.1 Å². The number of hydrogen-bond donors (Lipinski definition) is 2. The van der Waals surface area contributed by atoms with Gasteiger partial charge in [0.25, 0.3) is 0 Å². The van der Waals surface area contributed by atoms with E-state index in [1.54, 1.807) is 0 Å². The first-order chi connectivity index (χ1) is 10.5. The Bertz CT molecular complexity index is 779. The number of phenolic OH excluding ortho intramolecular Hbond substituents is 2. The highest BCUT2D eigenvalue weighted by atomic mass is 35.5. The number of benzene rings is 1. The Labute approximate surface area is 133 Å². The number of phenols is 2. The lowest BCUT2D eigenvalue weighted by Crippen LogP contribution is -2.24. The summed E-state index contributed by atoms with van der Waals surface area (Å²) in [6, 6.07) is 1.39. The fourth-order valence-electron chi connectivity index (χ4n) is 3.09. The minimum absolute atomic E-state index is 0.0783. The van der Waals surface area contributed by atoms with E-state index in [9.17, 15) is 15.0 Å². The van der Waals surface area contributed by atoms with Crippen molar-refractivity contribution >= 4 is 22.5 Å². The molecule has 0 aliphatic carbocycles. The van der Waals surface area contributed by atoms with Gasteiger partial charge in [-0.25, -0.2) is 0 Å². The van der Waals surface area contributed by atoms with Crippen LogP contribution in [0.2, 0.25) is 5.02 Å². The molecule has 1 fully saturated rings. The van der Waals surface area contributed by atoms with Crippen molar-refractivity contribution in [2.75, 3.05) is 13.1 Å². The molecule has 22 heavy (non-hydrogen) atoms. The average molecular weight is 323 g/mol. The van der Waals surface area contributed by atoms with E-state index in [1.165, 1.54) is 6.07 Å². The Hall–Kier alpha value is -1.72. The number of aryl methyl sites for hydroxylation is 1. The molecule has 6 heteroatoms. The van der Waals surface area contributed by atoms with E-state index in [2.05, 4.69) is 4.90 Å². The molecular weight excluding hydrogens is 304 g/mol. The number of aromatic hydroxyl groups is 2. The van der Waals surface area contributed by atoms with E-state index in [-0.39, 0.29) is 21.6 Å². The van der Waals surface area contributed by atoms with Crippen molar-refractivity contribution < 1.29 is 10.2 Å². The summed E-state index contributed by atoms with van der Waals surface area (Å²) in [5.74, 6) is -0.751. The predicted molar refractivity (Wildman–Crippen MR) is 86.7 cm³/mol. The van der Waals surface area contributed by atoms with Gasteiger partial charge in [0.05, 0.1) is 15.9 Å². The van der Waals surface area contributed by atoms with Crippen molar-refractivity contribution in [3.63, 3.8) is 0 Å². The highest BCUT2D eigenvalue weighted by Gasteiger charge is 2.20. The molecule has 118 valence electrons. The molecule has 0 unspecified atom stereocenters. The van der Waals surface area contributed by atoms with Crippen LogP contribution in [0, 0.1) is 0 Å². The molecule has 2 heterocycles. The highest BCUT2D eigenvalue weighted by molar-refractivity contribution is 6.37. The van der Waals surface area contributed by atoms with Crippen LogP contribution < -0.4 is 5.43 Å². The predicted octanol–water partition coefficient (Wildman–Crippen LogP) is 2.68. The minimum Gasteiger partial charge on any atom is -0.504 e. The number of rotatable bonds is 3. The fourth-order valence-corrected chi connectivity index (χ4v) is 3.37. The number of pyridine rings is 1. The maximum Gasteiger partial charge on any atom is 0.195 e. The van der Waals surface area contributed by atoms with Gasteiger partial charge in [-0.15, -0.1) is 0 Å². The molecular formula is C16H19ClN2O3. The number of aromatic nitrogens is 1. The van der Waals surface area contributed by atoms with Gasteiger partial charge in [0.15, 0.2) is 16.9 Å². The first kappa shape index (κ1) is 15.2. The number of fused-ring (bicyclic) bond motifs is 1. The van der Waals surface area contributed by atoms with Gasteiger partial charge in [-0.3, -0.25) is 9.69 Å². The molecule has 1 aromatic heterocycles. The van der Waals surface area contributed by atoms with Crippen molar-refractivity contribution in [1.29, 1.82) is 0 Å². The first-order valence-electron chi connectivity index (χ1n) is 7.51. The summed E-state index contributed by atoms with van der Waals surface area (Å²) in [5.41, 5.74) is 1.04. The summed E-state index contributed by atoms with van der Waals surface area (Å²) in [7, 11) is 0. The zero-order valence-corrected chi connectivity index (χ0v) is 13.2. The third-order valence-electron chi connectivity index (χ3n) is 4.27. The van der Waals surface area contributed by atoms with Gasteiger partial charge in [-0.2, -0.15) is 0 Å². The Morgan fingerprint density at radius 3 is 2.59 bits per heavy atom. The van der Waals surface area contributed by atoms with Gasteiger partial charge in [-0.1, -0.05) is 11.6 Å². The number of halogens is 1. The zero-order valence-electron chi connectivity index (χ0n) is 12.5. The van der Waals surface area contributed by atoms with Crippen LogP contribution in [0.4, 0.5) is 0 Å². The van der Waals surface area contributed by atoms with Crippen molar-refractivity contribution in [2.24, 2.45) is 0 Å². The smallest absolute Gasteiger partial charge is 0.195 e. The van der Waals surface area contributed by atoms with E-state index in [1.807, 2.05) is 17.7 Å². The molecule has 2 N–H and O–H groups in total. The molecule has 0 bridgehead atoms. The van der Waals surface area contributed by atoms with Gasteiger partial charge < -0.3 is 14.8 Å². The summed E-state index contributed by atoms with van der Waals surface area (Å²) in [5, 5.41) is 19.8. The molecule has 1 saturated heterocycles. The molecule has 0 spiro atoms. The monoisotopic (exact) mass is 322 g/mol. The molecule has 0 atom stereocenters. The first-order valence-corrected chi connectivity index (χ1v) is 7.89. The van der Waals surface area contributed by atoms with E-state index in [0.717, 1.165) is 25.9 Å². The summed E-state index contributed by atoms with van der Waals surface area (Å²) in [6.07, 6.45) is 4.14. The van der Waals surface area contributed by atoms with Crippen LogP contribution in [0.25, 0.3) is 10.9 Å². The van der Waals surface area contributed by atoms with Crippen molar-refractivity contribution in [3.05, 3.63) is 33.1 Å². The van der Waals surface area contributed by atoms with Crippen LogP contribution >= 0.6 is 11.6 Å². The molecule has 1 aliphatic heterocycles. The highest BCUT2D eigenvalue weighted by Crippen LogP contribution is 2.38. The Kier molecular flexibility index (Phi) is 4.02. The second-order valence-electron chi connectivity index (χ2n) is 5.71. The summed E-state index contributed by atoms with van der Waals surface area (Å²) in [6.45, 7) is 5.19. The molecule has 3 rings (SSSR count). The summed E-state index contributed by atoms with van der Waals surface area (Å²) < 4.78 is 1.88. The van der Waals surface area contributed by atoms with Gasteiger partial charge in [0.2, 0.25) is 0 Å². The van der Waals surface area contributed by atoms with Gasteiger partial charge in [-0.05, 0) is 32.9 Å². The Morgan fingerprint density at radius 2 is 1.95 bits per heavy atom. The van der Waals surface area contributed by atoms with Crippen LogP contribution in [0.5, 0.6) is 11.5 Å². The molecule has 2 aromatic rings. The topological polar surface area (TPSA) is 65.7 Å². The SMILES string of the molecule is CCn1cc(CN2CCCC2)c(=O)c2c(Cl)c(O)c(O)cc21. The molecule has 1 aliphatic rings. The number of likely N-dealkylation sites (tertiary alicyclic amines) is 1. The van der Waals surface area contributed by atoms with Crippen molar-refractivity contribution in [1.82, 2.24) is 9.47 Å².